The van der Waals surface area contributed by atoms with Crippen molar-refractivity contribution in [3.05, 3.63) is 45.6 Å². The van der Waals surface area contributed by atoms with Gasteiger partial charge in [0.05, 0.1) is 22.3 Å². The van der Waals surface area contributed by atoms with E-state index in [0.29, 0.717) is 20.6 Å². The predicted molar refractivity (Wildman–Crippen MR) is 129 cm³/mol. The zero-order valence-corrected chi connectivity index (χ0v) is 20.4. The second-order valence-corrected chi connectivity index (χ2v) is 10.1. The Morgan fingerprint density at radius 2 is 1.85 bits per heavy atom. The summed E-state index contributed by atoms with van der Waals surface area (Å²) in [5.41, 5.74) is 0.412. The number of alkyl carbamates (subject to hydrolysis) is 1. The maximum Gasteiger partial charge on any atom is 0.414 e. The topological polar surface area (TPSA) is 126 Å². The van der Waals surface area contributed by atoms with Gasteiger partial charge in [-0.15, -0.1) is 11.3 Å². The number of carbonyl (C=O) groups excluding carboxylic acids is 4. The van der Waals surface area contributed by atoms with Crippen LogP contribution in [-0.4, -0.2) is 55.3 Å². The van der Waals surface area contributed by atoms with E-state index in [2.05, 4.69) is 16.0 Å². The molecular weight excluding hydrogens is 484 g/mol. The Kier molecular flexibility index (Phi) is 8.00. The number of hydrogen-bond donors (Lipinski definition) is 3. The first-order valence-corrected chi connectivity index (χ1v) is 11.6. The molecule has 1 aromatic carbocycles. The van der Waals surface area contributed by atoms with Crippen LogP contribution in [0.2, 0.25) is 4.34 Å². The van der Waals surface area contributed by atoms with Gasteiger partial charge in [0.1, 0.15) is 18.2 Å². The Hall–Kier alpha value is -3.31. The van der Waals surface area contributed by atoms with Gasteiger partial charge in [-0.2, -0.15) is 0 Å². The van der Waals surface area contributed by atoms with Gasteiger partial charge in [0, 0.05) is 11.4 Å². The molecule has 182 valence electrons. The zero-order valence-electron chi connectivity index (χ0n) is 18.8. The van der Waals surface area contributed by atoms with Crippen molar-refractivity contribution in [2.45, 2.75) is 32.5 Å². The highest BCUT2D eigenvalue weighted by Crippen LogP contribution is 2.24. The number of halogens is 1. The van der Waals surface area contributed by atoms with E-state index in [0.717, 1.165) is 0 Å². The van der Waals surface area contributed by atoms with E-state index in [1.807, 2.05) is 0 Å². The molecule has 0 saturated carbocycles. The van der Waals surface area contributed by atoms with Crippen molar-refractivity contribution >= 4 is 58.3 Å². The highest BCUT2D eigenvalue weighted by atomic mass is 35.5. The molecular formula is C22H25ClN4O6S. The number of hydrogen-bond acceptors (Lipinski definition) is 7. The minimum atomic E-state index is -0.685. The molecule has 0 spiro atoms. The molecule has 10 nitrogen and oxygen atoms in total. The lowest BCUT2D eigenvalue weighted by Gasteiger charge is -2.19. The molecule has 1 unspecified atom stereocenters. The molecule has 1 aliphatic heterocycles. The largest absolute Gasteiger partial charge is 0.444 e. The minimum Gasteiger partial charge on any atom is -0.444 e. The molecule has 2 aromatic rings. The third kappa shape index (κ3) is 7.35. The SMILES string of the molecule is CC(C)(C)OC(=O)NCC(=O)Nc1ccc(N2CC(CNC(=O)c3ccc(Cl)s3)OC2=O)cc1. The number of anilines is 2. The fourth-order valence-electron chi connectivity index (χ4n) is 2.97. The van der Waals surface area contributed by atoms with Crippen LogP contribution < -0.4 is 20.9 Å². The molecule has 3 N–H and O–H groups in total. The second kappa shape index (κ2) is 10.7. The van der Waals surface area contributed by atoms with Crippen LogP contribution in [0.4, 0.5) is 21.0 Å². The van der Waals surface area contributed by atoms with Crippen LogP contribution >= 0.6 is 22.9 Å². The predicted octanol–water partition coefficient (Wildman–Crippen LogP) is 3.62. The summed E-state index contributed by atoms with van der Waals surface area (Å²) in [6.45, 7) is 5.35. The van der Waals surface area contributed by atoms with E-state index in [1.54, 1.807) is 57.2 Å². The molecule has 0 bridgehead atoms. The quantitative estimate of drug-likeness (QED) is 0.524. The van der Waals surface area contributed by atoms with Gasteiger partial charge in [-0.25, -0.2) is 9.59 Å². The number of carbonyl (C=O) groups is 4. The summed E-state index contributed by atoms with van der Waals surface area (Å²) < 4.78 is 10.9. The van der Waals surface area contributed by atoms with Gasteiger partial charge in [0.15, 0.2) is 0 Å². The highest BCUT2D eigenvalue weighted by molar-refractivity contribution is 7.18. The monoisotopic (exact) mass is 508 g/mol. The molecule has 1 fully saturated rings. The zero-order chi connectivity index (χ0) is 24.9. The number of benzene rings is 1. The number of nitrogens with zero attached hydrogens (tertiary/aromatic N) is 1. The summed E-state index contributed by atoms with van der Waals surface area (Å²) in [5, 5.41) is 7.76. The van der Waals surface area contributed by atoms with Gasteiger partial charge >= 0.3 is 12.2 Å². The number of rotatable bonds is 7. The third-order valence-corrected chi connectivity index (χ3v) is 5.65. The van der Waals surface area contributed by atoms with Crippen LogP contribution in [-0.2, 0) is 14.3 Å². The van der Waals surface area contributed by atoms with Gasteiger partial charge in [0.25, 0.3) is 5.91 Å². The van der Waals surface area contributed by atoms with Crippen molar-refractivity contribution in [2.24, 2.45) is 0 Å². The standard InChI is InChI=1S/C22H25ClN4O6S/c1-22(2,3)33-20(30)25-11-18(28)26-13-4-6-14(7-5-13)27-12-15(32-21(27)31)10-24-19(29)16-8-9-17(23)34-16/h4-9,15H,10-12H2,1-3H3,(H,24,29)(H,25,30)(H,26,28). The van der Waals surface area contributed by atoms with Gasteiger partial charge in [-0.1, -0.05) is 11.6 Å². The first-order chi connectivity index (χ1) is 16.0. The lowest BCUT2D eigenvalue weighted by molar-refractivity contribution is -0.115. The summed E-state index contributed by atoms with van der Waals surface area (Å²) in [6, 6.07) is 9.85. The number of cyclic esters (lactones) is 1. The Bertz CT molecular complexity index is 1070. The highest BCUT2D eigenvalue weighted by Gasteiger charge is 2.32. The van der Waals surface area contributed by atoms with Gasteiger partial charge in [-0.3, -0.25) is 14.5 Å². The maximum absolute atomic E-state index is 12.3. The van der Waals surface area contributed by atoms with E-state index >= 15 is 0 Å². The molecule has 2 heterocycles. The van der Waals surface area contributed by atoms with E-state index in [1.165, 1.54) is 16.2 Å². The summed E-state index contributed by atoms with van der Waals surface area (Å²) in [5.74, 6) is -0.713. The van der Waals surface area contributed by atoms with E-state index in [9.17, 15) is 19.2 Å². The smallest absolute Gasteiger partial charge is 0.414 e. The first-order valence-electron chi connectivity index (χ1n) is 10.4. The van der Waals surface area contributed by atoms with Crippen molar-refractivity contribution in [2.75, 3.05) is 29.9 Å². The normalized spacial score (nSPS) is 15.5. The minimum absolute atomic E-state index is 0.162. The molecule has 1 atom stereocenters. The maximum atomic E-state index is 12.3. The first kappa shape index (κ1) is 25.3. The average Bonchev–Trinajstić information content (AvgIpc) is 3.35. The lowest BCUT2D eigenvalue weighted by atomic mass is 10.2. The summed E-state index contributed by atoms with van der Waals surface area (Å²) in [6.07, 6.45) is -1.72. The number of amides is 4. The molecule has 12 heteroatoms. The molecule has 0 aliphatic carbocycles. The van der Waals surface area contributed by atoms with Crippen LogP contribution in [0.3, 0.4) is 0 Å². The average molecular weight is 509 g/mol. The Labute approximate surface area is 205 Å². The van der Waals surface area contributed by atoms with Crippen molar-refractivity contribution in [3.63, 3.8) is 0 Å². The molecule has 3 rings (SSSR count). The number of thiophene rings is 1. The second-order valence-electron chi connectivity index (χ2n) is 8.38. The third-order valence-electron chi connectivity index (χ3n) is 4.42. The van der Waals surface area contributed by atoms with Gasteiger partial charge < -0.3 is 25.4 Å². The Morgan fingerprint density at radius 1 is 1.15 bits per heavy atom. The number of ether oxygens (including phenoxy) is 2. The van der Waals surface area contributed by atoms with Crippen molar-refractivity contribution in [3.8, 4) is 0 Å². The van der Waals surface area contributed by atoms with Gasteiger partial charge in [0.2, 0.25) is 5.91 Å². The lowest BCUT2D eigenvalue weighted by Crippen LogP contribution is -2.37. The van der Waals surface area contributed by atoms with E-state index in [-0.39, 0.29) is 25.5 Å². The number of nitrogens with one attached hydrogen (secondary N) is 3. The molecule has 4 amide bonds. The van der Waals surface area contributed by atoms with Crippen LogP contribution in [0.15, 0.2) is 36.4 Å². The van der Waals surface area contributed by atoms with Crippen LogP contribution in [0.5, 0.6) is 0 Å². The van der Waals surface area contributed by atoms with Crippen LogP contribution in [0.25, 0.3) is 0 Å². The van der Waals surface area contributed by atoms with Crippen LogP contribution in [0, 0.1) is 0 Å². The van der Waals surface area contributed by atoms with Crippen molar-refractivity contribution < 1.29 is 28.7 Å². The molecule has 1 saturated heterocycles. The van der Waals surface area contributed by atoms with Crippen molar-refractivity contribution in [1.29, 1.82) is 0 Å². The molecule has 34 heavy (non-hydrogen) atoms. The summed E-state index contributed by atoms with van der Waals surface area (Å²) in [4.78, 5) is 50.0. The molecule has 1 aliphatic rings. The molecule has 1 aromatic heterocycles. The Balaban J connectivity index is 1.46. The van der Waals surface area contributed by atoms with E-state index < -0.39 is 29.8 Å². The fraction of sp³-hybridized carbons (Fsp3) is 0.364. The fourth-order valence-corrected chi connectivity index (χ4v) is 3.92. The van der Waals surface area contributed by atoms with Gasteiger partial charge in [-0.05, 0) is 57.2 Å². The Morgan fingerprint density at radius 3 is 2.47 bits per heavy atom. The van der Waals surface area contributed by atoms with Crippen LogP contribution in [0.1, 0.15) is 30.4 Å². The summed E-state index contributed by atoms with van der Waals surface area (Å²) >= 11 is 7.01. The molecule has 0 radical (unpaired) electrons. The van der Waals surface area contributed by atoms with E-state index in [4.69, 9.17) is 21.1 Å². The summed E-state index contributed by atoms with van der Waals surface area (Å²) in [7, 11) is 0. The van der Waals surface area contributed by atoms with Crippen molar-refractivity contribution in [1.82, 2.24) is 10.6 Å².